The molecule has 0 heterocycles. The minimum absolute atomic E-state index is 0.0132. The third-order valence-corrected chi connectivity index (χ3v) is 5.66. The Morgan fingerprint density at radius 2 is 1.85 bits per heavy atom. The van der Waals surface area contributed by atoms with E-state index < -0.39 is 16.0 Å². The van der Waals surface area contributed by atoms with E-state index in [9.17, 15) is 13.2 Å². The van der Waals surface area contributed by atoms with Crippen LogP contribution in [0, 0.1) is 0 Å². The molecule has 8 heteroatoms. The van der Waals surface area contributed by atoms with E-state index in [1.165, 1.54) is 25.3 Å². The van der Waals surface area contributed by atoms with Crippen molar-refractivity contribution < 1.29 is 17.9 Å². The molecular formula is C18H21ClN2O4S. The van der Waals surface area contributed by atoms with Crippen molar-refractivity contribution in [2.24, 2.45) is 0 Å². The summed E-state index contributed by atoms with van der Waals surface area (Å²) in [6.07, 6.45) is 0. The quantitative estimate of drug-likeness (QED) is 0.728. The number of halogens is 1. The molecule has 0 saturated carbocycles. The van der Waals surface area contributed by atoms with Crippen LogP contribution in [-0.2, 0) is 14.8 Å². The fourth-order valence-electron chi connectivity index (χ4n) is 2.48. The lowest BCUT2D eigenvalue weighted by atomic mass is 10.1. The Kier molecular flexibility index (Phi) is 6.77. The summed E-state index contributed by atoms with van der Waals surface area (Å²) in [6, 6.07) is 13.4. The Labute approximate surface area is 158 Å². The van der Waals surface area contributed by atoms with Gasteiger partial charge in [0.25, 0.3) is 0 Å². The largest absolute Gasteiger partial charge is 0.465 e. The molecular weight excluding hydrogens is 376 g/mol. The maximum atomic E-state index is 12.6. The maximum absolute atomic E-state index is 12.6. The number of hydrogen-bond donors (Lipinski definition) is 1. The van der Waals surface area contributed by atoms with Gasteiger partial charge in [0, 0.05) is 12.6 Å². The summed E-state index contributed by atoms with van der Waals surface area (Å²) in [4.78, 5) is 13.5. The first-order valence-corrected chi connectivity index (χ1v) is 9.71. The molecule has 0 saturated heterocycles. The molecule has 0 unspecified atom stereocenters. The van der Waals surface area contributed by atoms with Crippen LogP contribution in [0.15, 0.2) is 53.4 Å². The topological polar surface area (TPSA) is 75.7 Å². The number of methoxy groups -OCH3 is 1. The van der Waals surface area contributed by atoms with Crippen molar-refractivity contribution in [3.63, 3.8) is 0 Å². The summed E-state index contributed by atoms with van der Waals surface area (Å²) in [7, 11) is 1.22. The second-order valence-corrected chi connectivity index (χ2v) is 8.05. The van der Waals surface area contributed by atoms with Gasteiger partial charge < -0.3 is 9.64 Å². The molecule has 26 heavy (non-hydrogen) atoms. The molecule has 0 aliphatic carbocycles. The third-order valence-electron chi connectivity index (χ3n) is 3.93. The molecule has 0 radical (unpaired) electrons. The van der Waals surface area contributed by atoms with E-state index >= 15 is 0 Å². The molecule has 2 rings (SSSR count). The first-order chi connectivity index (χ1) is 12.3. The number of sulfonamides is 1. The standard InChI is InChI=1S/C18H21ClN2O4S/c1-21(2)17(13-7-5-4-6-8-13)12-20-26(23,24)14-9-10-15(16(19)11-14)18(22)25-3/h4-11,17,20H,12H2,1-3H3/t17-/m0/s1. The van der Waals surface area contributed by atoms with Crippen molar-refractivity contribution in [3.8, 4) is 0 Å². The molecule has 0 spiro atoms. The third kappa shape index (κ3) is 4.82. The van der Waals surface area contributed by atoms with Gasteiger partial charge in [0.1, 0.15) is 0 Å². The van der Waals surface area contributed by atoms with E-state index in [1.807, 2.05) is 49.3 Å². The SMILES string of the molecule is COC(=O)c1ccc(S(=O)(=O)NC[C@@H](c2ccccc2)N(C)C)cc1Cl. The number of carbonyl (C=O) groups excluding carboxylic acids is 1. The van der Waals surface area contributed by atoms with E-state index in [0.717, 1.165) is 5.56 Å². The Morgan fingerprint density at radius 3 is 2.38 bits per heavy atom. The molecule has 2 aromatic rings. The van der Waals surface area contributed by atoms with Gasteiger partial charge in [0.15, 0.2) is 0 Å². The number of esters is 1. The summed E-state index contributed by atoms with van der Waals surface area (Å²) in [5.41, 5.74) is 1.11. The van der Waals surface area contributed by atoms with Crippen LogP contribution in [-0.4, -0.2) is 47.0 Å². The van der Waals surface area contributed by atoms with Crippen LogP contribution < -0.4 is 4.72 Å². The smallest absolute Gasteiger partial charge is 0.339 e. The van der Waals surface area contributed by atoms with E-state index in [-0.39, 0.29) is 28.1 Å². The maximum Gasteiger partial charge on any atom is 0.339 e. The van der Waals surface area contributed by atoms with Crippen molar-refractivity contribution in [3.05, 3.63) is 64.7 Å². The number of benzene rings is 2. The molecule has 1 N–H and O–H groups in total. The van der Waals surface area contributed by atoms with Crippen LogP contribution in [0.4, 0.5) is 0 Å². The fraction of sp³-hybridized carbons (Fsp3) is 0.278. The number of nitrogens with one attached hydrogen (secondary N) is 1. The number of carbonyl (C=O) groups is 1. The van der Waals surface area contributed by atoms with Gasteiger partial charge in [-0.1, -0.05) is 41.9 Å². The molecule has 0 aliphatic rings. The van der Waals surface area contributed by atoms with Crippen molar-refractivity contribution in [1.82, 2.24) is 9.62 Å². The van der Waals surface area contributed by atoms with Crippen LogP contribution in [0.5, 0.6) is 0 Å². The highest BCUT2D eigenvalue weighted by atomic mass is 35.5. The lowest BCUT2D eigenvalue weighted by Gasteiger charge is -2.25. The van der Waals surface area contributed by atoms with Crippen LogP contribution in [0.2, 0.25) is 5.02 Å². The fourth-order valence-corrected chi connectivity index (χ4v) is 3.87. The highest BCUT2D eigenvalue weighted by Crippen LogP contribution is 2.22. The summed E-state index contributed by atoms with van der Waals surface area (Å²) in [5.74, 6) is -0.622. The van der Waals surface area contributed by atoms with Gasteiger partial charge in [-0.15, -0.1) is 0 Å². The van der Waals surface area contributed by atoms with Gasteiger partial charge in [0.2, 0.25) is 10.0 Å². The predicted octanol–water partition coefficient (Wildman–Crippen LogP) is 2.71. The summed E-state index contributed by atoms with van der Waals surface area (Å²) in [6.45, 7) is 0.190. The summed E-state index contributed by atoms with van der Waals surface area (Å²) in [5, 5.41) is 0.0203. The minimum atomic E-state index is -3.78. The zero-order chi connectivity index (χ0) is 19.3. The molecule has 6 nitrogen and oxygen atoms in total. The second-order valence-electron chi connectivity index (χ2n) is 5.88. The van der Waals surface area contributed by atoms with Crippen LogP contribution in [0.1, 0.15) is 22.0 Å². The van der Waals surface area contributed by atoms with Crippen LogP contribution in [0.3, 0.4) is 0 Å². The van der Waals surface area contributed by atoms with Crippen molar-refractivity contribution in [2.45, 2.75) is 10.9 Å². The zero-order valence-electron chi connectivity index (χ0n) is 14.8. The highest BCUT2D eigenvalue weighted by molar-refractivity contribution is 7.89. The number of likely N-dealkylation sites (N-methyl/N-ethyl adjacent to an activating group) is 1. The Morgan fingerprint density at radius 1 is 1.19 bits per heavy atom. The molecule has 0 fully saturated rings. The van der Waals surface area contributed by atoms with Gasteiger partial charge in [-0.25, -0.2) is 17.9 Å². The predicted molar refractivity (Wildman–Crippen MR) is 101 cm³/mol. The number of hydrogen-bond acceptors (Lipinski definition) is 5. The van der Waals surface area contributed by atoms with Crippen LogP contribution in [0.25, 0.3) is 0 Å². The number of ether oxygens (including phenoxy) is 1. The lowest BCUT2D eigenvalue weighted by molar-refractivity contribution is 0.0601. The Hall–Kier alpha value is -1.93. The number of rotatable bonds is 7. The van der Waals surface area contributed by atoms with Crippen LogP contribution >= 0.6 is 11.6 Å². The van der Waals surface area contributed by atoms with Gasteiger partial charge in [0.05, 0.1) is 22.6 Å². The Bertz CT molecular complexity index is 870. The first kappa shape index (κ1) is 20.4. The average Bonchev–Trinajstić information content (AvgIpc) is 2.61. The summed E-state index contributed by atoms with van der Waals surface area (Å²) < 4.78 is 32.4. The molecule has 140 valence electrons. The van der Waals surface area contributed by atoms with E-state index in [0.29, 0.717) is 0 Å². The number of nitrogens with zero attached hydrogens (tertiary/aromatic N) is 1. The molecule has 0 bridgehead atoms. The molecule has 2 aromatic carbocycles. The molecule has 0 amide bonds. The van der Waals surface area contributed by atoms with Crippen molar-refractivity contribution in [1.29, 1.82) is 0 Å². The van der Waals surface area contributed by atoms with E-state index in [2.05, 4.69) is 9.46 Å². The second kappa shape index (κ2) is 8.64. The van der Waals surface area contributed by atoms with Crippen molar-refractivity contribution in [2.75, 3.05) is 27.7 Å². The minimum Gasteiger partial charge on any atom is -0.465 e. The van der Waals surface area contributed by atoms with E-state index in [1.54, 1.807) is 0 Å². The molecule has 0 aliphatic heterocycles. The van der Waals surface area contributed by atoms with Gasteiger partial charge in [-0.05, 0) is 37.9 Å². The van der Waals surface area contributed by atoms with Gasteiger partial charge >= 0.3 is 5.97 Å². The monoisotopic (exact) mass is 396 g/mol. The van der Waals surface area contributed by atoms with Crippen molar-refractivity contribution >= 4 is 27.6 Å². The van der Waals surface area contributed by atoms with Gasteiger partial charge in [-0.2, -0.15) is 0 Å². The first-order valence-electron chi connectivity index (χ1n) is 7.85. The Balaban J connectivity index is 2.20. The highest BCUT2D eigenvalue weighted by Gasteiger charge is 2.21. The molecule has 0 aromatic heterocycles. The average molecular weight is 397 g/mol. The summed E-state index contributed by atoms with van der Waals surface area (Å²) >= 11 is 6.02. The lowest BCUT2D eigenvalue weighted by Crippen LogP contribution is -2.34. The van der Waals surface area contributed by atoms with E-state index in [4.69, 9.17) is 11.6 Å². The normalized spacial score (nSPS) is 12.8. The zero-order valence-corrected chi connectivity index (χ0v) is 16.3. The van der Waals surface area contributed by atoms with Gasteiger partial charge in [-0.3, -0.25) is 0 Å². The molecule has 1 atom stereocenters.